The maximum atomic E-state index is 5.39. The molecule has 5 aliphatic rings. The predicted molar refractivity (Wildman–Crippen MR) is 173 cm³/mol. The van der Waals surface area contributed by atoms with E-state index in [9.17, 15) is 0 Å². The van der Waals surface area contributed by atoms with Gasteiger partial charge in [0.25, 0.3) is 0 Å². The summed E-state index contributed by atoms with van der Waals surface area (Å²) >= 11 is 0. The smallest absolute Gasteiger partial charge is 0.0778 e. The van der Waals surface area contributed by atoms with Crippen molar-refractivity contribution >= 4 is 22.8 Å². The van der Waals surface area contributed by atoms with Gasteiger partial charge in [0.1, 0.15) is 0 Å². The molecule has 0 N–H and O–H groups in total. The van der Waals surface area contributed by atoms with Gasteiger partial charge in [-0.25, -0.2) is 9.98 Å². The molecule has 8 bridgehead atoms. The van der Waals surface area contributed by atoms with Crippen LogP contribution in [0.25, 0.3) is 0 Å². The molecule has 0 fully saturated rings. The third kappa shape index (κ3) is 4.63. The summed E-state index contributed by atoms with van der Waals surface area (Å²) in [7, 11) is 0. The van der Waals surface area contributed by atoms with Crippen LogP contribution >= 0.6 is 0 Å². The Labute approximate surface area is 241 Å². The molecular weight excluding hydrogens is 488 g/mol. The molecule has 0 amide bonds. The summed E-state index contributed by atoms with van der Waals surface area (Å²) in [4.78, 5) is 21.3. The molecule has 5 rings (SSSR count). The average Bonchev–Trinajstić information content (AvgIpc) is 3.67. The zero-order chi connectivity index (χ0) is 28.6. The van der Waals surface area contributed by atoms with Gasteiger partial charge < -0.3 is 0 Å². The summed E-state index contributed by atoms with van der Waals surface area (Å²) in [6.07, 6.45) is 15.5. The molecule has 0 saturated carbocycles. The first-order valence-electron chi connectivity index (χ1n) is 15.8. The van der Waals surface area contributed by atoms with Crippen LogP contribution in [-0.4, -0.2) is 28.9 Å². The Kier molecular flexibility index (Phi) is 8.35. The minimum Gasteiger partial charge on any atom is -0.277 e. The van der Waals surface area contributed by atoms with E-state index in [0.717, 1.165) is 92.0 Å². The maximum absolute atomic E-state index is 5.39. The number of hydrogen-bond donors (Lipinski definition) is 0. The first-order valence-corrected chi connectivity index (χ1v) is 15.8. The Balaban J connectivity index is 1.80. The molecule has 0 radical (unpaired) electrons. The first kappa shape index (κ1) is 28.4. The Bertz CT molecular complexity index is 1470. The van der Waals surface area contributed by atoms with Crippen LogP contribution in [0.4, 0.5) is 0 Å². The largest absolute Gasteiger partial charge is 0.277 e. The van der Waals surface area contributed by atoms with Crippen LogP contribution < -0.4 is 0 Å². The average molecular weight is 535 g/mol. The van der Waals surface area contributed by atoms with E-state index in [1.54, 1.807) is 0 Å². The van der Waals surface area contributed by atoms with Gasteiger partial charge in [-0.05, 0) is 114 Å². The minimum absolute atomic E-state index is 0.148. The number of allylic oxidation sites excluding steroid dienone is 10. The summed E-state index contributed by atoms with van der Waals surface area (Å²) < 4.78 is 0. The van der Waals surface area contributed by atoms with Gasteiger partial charge in [0.05, 0.1) is 40.3 Å². The van der Waals surface area contributed by atoms with Gasteiger partial charge in [0.15, 0.2) is 0 Å². The van der Waals surface area contributed by atoms with Crippen LogP contribution in [0.1, 0.15) is 113 Å². The van der Waals surface area contributed by atoms with E-state index in [-0.39, 0.29) is 6.04 Å². The Morgan fingerprint density at radius 1 is 0.475 bits per heavy atom. The zero-order valence-corrected chi connectivity index (χ0v) is 26.0. The lowest BCUT2D eigenvalue weighted by Crippen LogP contribution is -2.13. The Hall–Kier alpha value is -3.14. The van der Waals surface area contributed by atoms with E-state index in [2.05, 4.69) is 73.6 Å². The third-order valence-corrected chi connectivity index (χ3v) is 9.18. The quantitative estimate of drug-likeness (QED) is 0.298. The van der Waals surface area contributed by atoms with Crippen molar-refractivity contribution in [2.45, 2.75) is 119 Å². The monoisotopic (exact) mass is 534 g/mol. The van der Waals surface area contributed by atoms with Crippen LogP contribution in [-0.2, 0) is 0 Å². The lowest BCUT2D eigenvalue weighted by molar-refractivity contribution is 0.780. The first-order chi connectivity index (χ1) is 19.5. The summed E-state index contributed by atoms with van der Waals surface area (Å²) in [5.41, 5.74) is 18.8. The molecule has 0 aromatic heterocycles. The fourth-order valence-electron chi connectivity index (χ4n) is 7.32. The Morgan fingerprint density at radius 3 is 1.35 bits per heavy atom. The SMILES string of the molecule is CCC1=C(CC)/C2=C/C3=NC(=C\C4=NC(CC5=N/C(=C\C1=N2)C(CC)=C5CC)C(CC)=C4CC)/C(CC)=C3CC. The number of hydrogen-bond acceptors (Lipinski definition) is 4. The molecule has 5 heterocycles. The van der Waals surface area contributed by atoms with Crippen molar-refractivity contribution in [2.24, 2.45) is 20.0 Å². The van der Waals surface area contributed by atoms with Gasteiger partial charge in [0, 0.05) is 12.1 Å². The van der Waals surface area contributed by atoms with E-state index >= 15 is 0 Å². The second-order valence-corrected chi connectivity index (χ2v) is 11.1. The topological polar surface area (TPSA) is 49.4 Å². The Morgan fingerprint density at radius 2 is 0.900 bits per heavy atom. The molecule has 1 atom stereocenters. The van der Waals surface area contributed by atoms with Crippen molar-refractivity contribution in [2.75, 3.05) is 0 Å². The van der Waals surface area contributed by atoms with Crippen molar-refractivity contribution < 1.29 is 0 Å². The van der Waals surface area contributed by atoms with E-state index in [1.807, 2.05) is 0 Å². The van der Waals surface area contributed by atoms with E-state index in [0.29, 0.717) is 0 Å². The molecule has 5 aliphatic heterocycles. The van der Waals surface area contributed by atoms with Gasteiger partial charge in [-0.15, -0.1) is 0 Å². The molecular formula is C36H46N4. The predicted octanol–water partition coefficient (Wildman–Crippen LogP) is 9.70. The highest BCUT2D eigenvalue weighted by molar-refractivity contribution is 6.18. The highest BCUT2D eigenvalue weighted by atomic mass is 14.9. The van der Waals surface area contributed by atoms with Crippen molar-refractivity contribution in [1.82, 2.24) is 0 Å². The molecule has 0 saturated heterocycles. The fourth-order valence-corrected chi connectivity index (χ4v) is 7.32. The van der Waals surface area contributed by atoms with Crippen molar-refractivity contribution in [3.05, 3.63) is 79.9 Å². The molecule has 4 heteroatoms. The summed E-state index contributed by atoms with van der Waals surface area (Å²) in [5, 5.41) is 0. The van der Waals surface area contributed by atoms with Crippen LogP contribution in [0.15, 0.2) is 99.9 Å². The molecule has 40 heavy (non-hydrogen) atoms. The van der Waals surface area contributed by atoms with E-state index in [1.165, 1.54) is 50.3 Å². The molecule has 4 nitrogen and oxygen atoms in total. The van der Waals surface area contributed by atoms with Crippen LogP contribution in [0.3, 0.4) is 0 Å². The second-order valence-electron chi connectivity index (χ2n) is 11.1. The van der Waals surface area contributed by atoms with Gasteiger partial charge in [0.2, 0.25) is 0 Å². The van der Waals surface area contributed by atoms with E-state index < -0.39 is 0 Å². The normalized spacial score (nSPS) is 26.5. The highest BCUT2D eigenvalue weighted by Gasteiger charge is 2.32. The maximum Gasteiger partial charge on any atom is 0.0778 e. The fraction of sp³-hybridized carbons (Fsp3) is 0.500. The van der Waals surface area contributed by atoms with E-state index in [4.69, 9.17) is 20.0 Å². The lowest BCUT2D eigenvalue weighted by atomic mass is 9.90. The van der Waals surface area contributed by atoms with Gasteiger partial charge in [-0.3, -0.25) is 9.98 Å². The van der Waals surface area contributed by atoms with Crippen LogP contribution in [0, 0.1) is 0 Å². The van der Waals surface area contributed by atoms with Crippen LogP contribution in [0.2, 0.25) is 0 Å². The molecule has 0 aliphatic carbocycles. The summed E-state index contributed by atoms with van der Waals surface area (Å²) in [6, 6.07) is 0.148. The van der Waals surface area contributed by atoms with Crippen molar-refractivity contribution in [3.8, 4) is 0 Å². The minimum atomic E-state index is 0.148. The van der Waals surface area contributed by atoms with Gasteiger partial charge in [-0.1, -0.05) is 55.4 Å². The number of fused-ring (bicyclic) bond motifs is 4. The second kappa shape index (κ2) is 11.8. The number of nitrogens with zero attached hydrogens (tertiary/aromatic N) is 4. The van der Waals surface area contributed by atoms with Crippen molar-refractivity contribution in [3.63, 3.8) is 0 Å². The molecule has 210 valence electrons. The van der Waals surface area contributed by atoms with Gasteiger partial charge in [-0.2, -0.15) is 0 Å². The van der Waals surface area contributed by atoms with Crippen LogP contribution in [0.5, 0.6) is 0 Å². The third-order valence-electron chi connectivity index (χ3n) is 9.18. The van der Waals surface area contributed by atoms with Gasteiger partial charge >= 0.3 is 0 Å². The standard InChI is InChI=1S/C36H46N4/c1-9-21-22(10-2)30-18-32-25(13-5)26(14-6)34(39-32)20-36-28(16-8)27(15-7)35(40-36)19-33-24(12-4)23(11-3)31(38-33)17-29(21)37-30/h17-19,34H,9-16,20H2,1-8H3/b30-18-,31-17-,35-19-. The number of aliphatic imine (C=N–C) groups is 4. The molecule has 0 aromatic rings. The summed E-state index contributed by atoms with van der Waals surface area (Å²) in [6.45, 7) is 18.1. The van der Waals surface area contributed by atoms with Crippen molar-refractivity contribution in [1.29, 1.82) is 0 Å². The molecule has 0 aromatic carbocycles. The molecule has 0 spiro atoms. The summed E-state index contributed by atoms with van der Waals surface area (Å²) in [5.74, 6) is 0. The molecule has 1 unspecified atom stereocenters. The lowest BCUT2D eigenvalue weighted by Gasteiger charge is -2.14. The number of rotatable bonds is 8. The highest BCUT2D eigenvalue weighted by Crippen LogP contribution is 2.40. The zero-order valence-electron chi connectivity index (χ0n) is 26.0.